The third-order valence-electron chi connectivity index (χ3n) is 10.1. The lowest BCUT2D eigenvalue weighted by Gasteiger charge is -2.33. The minimum absolute atomic E-state index is 0.0341. The van der Waals surface area contributed by atoms with Crippen LogP contribution in [0.2, 0.25) is 5.02 Å². The smallest absolute Gasteiger partial charge is 0.410 e. The van der Waals surface area contributed by atoms with Crippen molar-refractivity contribution in [3.05, 3.63) is 119 Å². The molecule has 4 aromatic carbocycles. The first kappa shape index (κ1) is 39.1. The Morgan fingerprint density at radius 2 is 1.74 bits per heavy atom. The molecule has 3 atom stereocenters. The summed E-state index contributed by atoms with van der Waals surface area (Å²) in [5, 5.41) is 6.00. The van der Waals surface area contributed by atoms with E-state index < -0.39 is 24.2 Å². The third-order valence-corrected chi connectivity index (χ3v) is 10.4. The molecule has 0 aliphatic carbocycles. The minimum Gasteiger partial charge on any atom is -0.494 e. The molecule has 1 unspecified atom stereocenters. The highest BCUT2D eigenvalue weighted by atomic mass is 35.5. The maximum Gasteiger partial charge on any atom is 0.410 e. The molecule has 0 bridgehead atoms. The van der Waals surface area contributed by atoms with E-state index in [2.05, 4.69) is 4.98 Å². The van der Waals surface area contributed by atoms with Crippen LogP contribution in [0.15, 0.2) is 97.1 Å². The Hall–Kier alpha value is -5.79. The van der Waals surface area contributed by atoms with Crippen LogP contribution in [0.5, 0.6) is 17.6 Å². The number of halogens is 3. The van der Waals surface area contributed by atoms with Gasteiger partial charge in [-0.3, -0.25) is 0 Å². The number of fused-ring (bicyclic) bond motifs is 1. The number of amides is 1. The van der Waals surface area contributed by atoms with E-state index in [-0.39, 0.29) is 55.9 Å². The van der Waals surface area contributed by atoms with Crippen LogP contribution in [-0.4, -0.2) is 69.3 Å². The summed E-state index contributed by atoms with van der Waals surface area (Å²) < 4.78 is 62.4. The zero-order valence-corrected chi connectivity index (χ0v) is 32.6. The van der Waals surface area contributed by atoms with Gasteiger partial charge in [0.2, 0.25) is 5.88 Å². The number of nitrogens with zero attached hydrogens (tertiary/aromatic N) is 5. The Morgan fingerprint density at radius 3 is 2.52 bits per heavy atom. The fraction of sp³-hybridized carbons (Fsp3) is 0.318. The third kappa shape index (κ3) is 9.00. The topological polar surface area (TPSA) is 110 Å². The molecule has 300 valence electrons. The molecule has 2 aromatic heterocycles. The zero-order valence-electron chi connectivity index (χ0n) is 31.9. The number of piperidine rings is 1. The molecule has 2 aliphatic heterocycles. The number of hydrogen-bond donors (Lipinski definition) is 0. The molecule has 0 spiro atoms. The van der Waals surface area contributed by atoms with E-state index in [9.17, 15) is 4.79 Å². The standard InChI is InChI=1S/C44H42ClF2N5O6/c1-2-54-32-15-11-29(12-16-32)26-56-40-24-37(48-43(49-40)58-39-25-51(20-19-35(39)46)44(53)57-27-28-8-4-3-5-9-28)42-34-22-30(33-17-14-31(45)23-36(33)47)13-18-38(34)52(50-42)41-10-6-7-21-55-41/h3-5,8-9,11-18,22-24,35,39,41H,2,6-7,10,19-21,25-27H2,1H3/t35-,39-,41?/m1/s1. The summed E-state index contributed by atoms with van der Waals surface area (Å²) in [6, 6.07) is 28.4. The zero-order chi connectivity index (χ0) is 40.0. The molecule has 14 heteroatoms. The number of aromatic nitrogens is 4. The van der Waals surface area contributed by atoms with Gasteiger partial charge in [0.25, 0.3) is 0 Å². The highest BCUT2D eigenvalue weighted by molar-refractivity contribution is 6.30. The minimum atomic E-state index is -1.42. The fourth-order valence-electron chi connectivity index (χ4n) is 7.13. The Labute approximate surface area is 339 Å². The molecule has 58 heavy (non-hydrogen) atoms. The van der Waals surface area contributed by atoms with Gasteiger partial charge in [-0.25, -0.2) is 18.3 Å². The molecule has 2 fully saturated rings. The molecule has 6 aromatic rings. The predicted molar refractivity (Wildman–Crippen MR) is 214 cm³/mol. The van der Waals surface area contributed by atoms with E-state index in [0.717, 1.165) is 41.7 Å². The first-order valence-corrected chi connectivity index (χ1v) is 19.8. The molecule has 0 radical (unpaired) electrons. The summed E-state index contributed by atoms with van der Waals surface area (Å²) in [7, 11) is 0. The molecule has 11 nitrogen and oxygen atoms in total. The lowest BCUT2D eigenvalue weighted by molar-refractivity contribution is -0.0365. The molecule has 2 saturated heterocycles. The Morgan fingerprint density at radius 1 is 0.914 bits per heavy atom. The number of carbonyl (C=O) groups is 1. The van der Waals surface area contributed by atoms with Crippen molar-refractivity contribution in [3.8, 4) is 40.2 Å². The Balaban J connectivity index is 1.15. The van der Waals surface area contributed by atoms with Gasteiger partial charge in [-0.1, -0.05) is 60.1 Å². The van der Waals surface area contributed by atoms with Crippen molar-refractivity contribution < 1.29 is 37.3 Å². The van der Waals surface area contributed by atoms with Crippen LogP contribution in [-0.2, 0) is 22.7 Å². The van der Waals surface area contributed by atoms with E-state index in [4.69, 9.17) is 45.4 Å². The largest absolute Gasteiger partial charge is 0.494 e. The van der Waals surface area contributed by atoms with E-state index in [1.165, 1.54) is 11.0 Å². The number of rotatable bonds is 12. The Bertz CT molecular complexity index is 2360. The van der Waals surface area contributed by atoms with Gasteiger partial charge in [0, 0.05) is 41.6 Å². The molecule has 2 aliphatic rings. The van der Waals surface area contributed by atoms with Crippen LogP contribution in [0, 0.1) is 5.82 Å². The normalized spacial score (nSPS) is 18.2. The van der Waals surface area contributed by atoms with Crippen molar-refractivity contribution in [2.45, 2.75) is 64.3 Å². The fourth-order valence-corrected chi connectivity index (χ4v) is 7.28. The Kier molecular flexibility index (Phi) is 12.0. The average Bonchev–Trinajstić information content (AvgIpc) is 3.63. The second-order valence-electron chi connectivity index (χ2n) is 14.2. The van der Waals surface area contributed by atoms with Crippen LogP contribution in [0.3, 0.4) is 0 Å². The van der Waals surface area contributed by atoms with E-state index in [1.54, 1.807) is 18.2 Å². The SMILES string of the molecule is CCOc1ccc(COc2cc(-c3nn(C4CCCCO4)c4ccc(-c5ccc(Cl)cc5F)cc34)nc(O[C@@H]3CN(C(=O)OCc4ccccc4)CC[C@H]3F)n2)cc1. The highest BCUT2D eigenvalue weighted by Crippen LogP contribution is 2.37. The first-order chi connectivity index (χ1) is 28.3. The van der Waals surface area contributed by atoms with Crippen LogP contribution >= 0.6 is 11.6 Å². The van der Waals surface area contributed by atoms with Crippen LogP contribution < -0.4 is 14.2 Å². The van der Waals surface area contributed by atoms with Gasteiger partial charge >= 0.3 is 12.1 Å². The summed E-state index contributed by atoms with van der Waals surface area (Å²) >= 11 is 6.09. The molecule has 0 saturated carbocycles. The maximum atomic E-state index is 15.6. The van der Waals surface area contributed by atoms with E-state index in [1.807, 2.05) is 84.4 Å². The van der Waals surface area contributed by atoms with Crippen LogP contribution in [0.1, 0.15) is 50.0 Å². The second-order valence-corrected chi connectivity index (χ2v) is 14.6. The monoisotopic (exact) mass is 809 g/mol. The molecular weight excluding hydrogens is 768 g/mol. The molecular formula is C44H42ClF2N5O6. The summed E-state index contributed by atoms with van der Waals surface area (Å²) in [6.07, 6.45) is -0.729. The number of carbonyl (C=O) groups excluding carboxylic acids is 1. The second kappa shape index (κ2) is 17.8. The van der Waals surface area contributed by atoms with Crippen molar-refractivity contribution in [2.75, 3.05) is 26.3 Å². The number of ether oxygens (including phenoxy) is 5. The van der Waals surface area contributed by atoms with E-state index in [0.29, 0.717) is 41.1 Å². The number of hydrogen-bond acceptors (Lipinski definition) is 9. The van der Waals surface area contributed by atoms with Gasteiger partial charge < -0.3 is 28.6 Å². The quantitative estimate of drug-likeness (QED) is 0.119. The lowest BCUT2D eigenvalue weighted by atomic mass is 10.0. The summed E-state index contributed by atoms with van der Waals surface area (Å²) in [5.41, 5.74) is 4.16. The molecule has 0 N–H and O–H groups in total. The molecule has 8 rings (SSSR count). The molecule has 4 heterocycles. The van der Waals surface area contributed by atoms with Crippen molar-refractivity contribution >= 4 is 28.6 Å². The average molecular weight is 810 g/mol. The van der Waals surface area contributed by atoms with Gasteiger partial charge in [0.05, 0.1) is 18.7 Å². The van der Waals surface area contributed by atoms with Crippen molar-refractivity contribution in [1.82, 2.24) is 24.6 Å². The molecule has 1 amide bonds. The van der Waals surface area contributed by atoms with Crippen molar-refractivity contribution in [3.63, 3.8) is 0 Å². The van der Waals surface area contributed by atoms with Gasteiger partial charge in [-0.05, 0) is 85.3 Å². The summed E-state index contributed by atoms with van der Waals surface area (Å²) in [4.78, 5) is 23.8. The van der Waals surface area contributed by atoms with Gasteiger partial charge in [-0.2, -0.15) is 15.1 Å². The van der Waals surface area contributed by atoms with Crippen LogP contribution in [0.4, 0.5) is 13.6 Å². The maximum absolute atomic E-state index is 15.6. The summed E-state index contributed by atoms with van der Waals surface area (Å²) in [6.45, 7) is 3.36. The number of benzene rings is 4. The van der Waals surface area contributed by atoms with Crippen LogP contribution in [0.25, 0.3) is 33.4 Å². The lowest BCUT2D eigenvalue weighted by Crippen LogP contribution is -2.50. The van der Waals surface area contributed by atoms with E-state index >= 15 is 8.78 Å². The van der Waals surface area contributed by atoms with Gasteiger partial charge in [0.1, 0.15) is 42.3 Å². The predicted octanol–water partition coefficient (Wildman–Crippen LogP) is 9.76. The summed E-state index contributed by atoms with van der Waals surface area (Å²) in [5.74, 6) is 0.417. The first-order valence-electron chi connectivity index (χ1n) is 19.4. The van der Waals surface area contributed by atoms with Crippen molar-refractivity contribution in [2.24, 2.45) is 0 Å². The van der Waals surface area contributed by atoms with Gasteiger partial charge in [-0.15, -0.1) is 0 Å². The highest BCUT2D eigenvalue weighted by Gasteiger charge is 2.35. The number of likely N-dealkylation sites (tertiary alicyclic amines) is 1. The van der Waals surface area contributed by atoms with Gasteiger partial charge in [0.15, 0.2) is 12.3 Å². The van der Waals surface area contributed by atoms with Crippen molar-refractivity contribution in [1.29, 1.82) is 0 Å². The number of alkyl halides is 1.